The molecule has 2 aromatic rings. The molecule has 4 fully saturated rings. The van der Waals surface area contributed by atoms with Crippen molar-refractivity contribution in [2.24, 2.45) is 22.2 Å². The van der Waals surface area contributed by atoms with Crippen molar-refractivity contribution in [2.75, 3.05) is 6.54 Å². The van der Waals surface area contributed by atoms with Crippen LogP contribution in [0, 0.1) is 24.2 Å². The van der Waals surface area contributed by atoms with Gasteiger partial charge in [0.15, 0.2) is 0 Å². The maximum absolute atomic E-state index is 10.1. The second-order valence-electron chi connectivity index (χ2n) is 9.78. The first-order valence-electron chi connectivity index (χ1n) is 10.5. The van der Waals surface area contributed by atoms with E-state index in [0.29, 0.717) is 16.6 Å². The predicted octanol–water partition coefficient (Wildman–Crippen LogP) is 6.42. The fourth-order valence-electron chi connectivity index (χ4n) is 6.85. The molecule has 0 saturated heterocycles. The molecule has 4 aliphatic carbocycles. The number of hydrogen-bond donors (Lipinski definition) is 1. The minimum atomic E-state index is 0.300. The molecule has 0 aliphatic heterocycles. The fraction of sp³-hybridized carbons (Fsp3) is 0.480. The van der Waals surface area contributed by atoms with E-state index in [1.807, 2.05) is 18.3 Å². The molecule has 4 saturated carbocycles. The molecule has 3 heteroatoms. The van der Waals surface area contributed by atoms with Gasteiger partial charge in [-0.1, -0.05) is 45.8 Å². The normalized spacial score (nSPS) is 33.6. The van der Waals surface area contributed by atoms with Crippen molar-refractivity contribution in [3.05, 3.63) is 63.6 Å². The summed E-state index contributed by atoms with van der Waals surface area (Å²) in [6.45, 7) is 3.07. The topological polar surface area (TPSA) is 32.6 Å². The van der Waals surface area contributed by atoms with Gasteiger partial charge >= 0.3 is 0 Å². The highest BCUT2D eigenvalue weighted by atomic mass is 79.9. The Morgan fingerprint density at radius 1 is 1.07 bits per heavy atom. The number of aryl methyl sites for hydroxylation is 1. The molecular weight excluding hydrogens is 410 g/mol. The minimum absolute atomic E-state index is 0.300. The number of benzene rings is 2. The van der Waals surface area contributed by atoms with Gasteiger partial charge in [-0.2, -0.15) is 0 Å². The van der Waals surface area contributed by atoms with Crippen molar-refractivity contribution < 1.29 is 5.11 Å². The molecule has 0 aromatic heterocycles. The monoisotopic (exact) mass is 437 g/mol. The predicted molar refractivity (Wildman–Crippen MR) is 118 cm³/mol. The van der Waals surface area contributed by atoms with Crippen molar-refractivity contribution in [3.63, 3.8) is 0 Å². The number of halogens is 1. The summed E-state index contributed by atoms with van der Waals surface area (Å²) in [4.78, 5) is 4.87. The lowest BCUT2D eigenvalue weighted by atomic mass is 9.43. The number of aromatic hydroxyl groups is 1. The van der Waals surface area contributed by atoms with Gasteiger partial charge in [0.1, 0.15) is 5.75 Å². The third kappa shape index (κ3) is 3.22. The lowest BCUT2D eigenvalue weighted by Gasteiger charge is -2.62. The van der Waals surface area contributed by atoms with E-state index in [1.54, 1.807) is 11.6 Å². The van der Waals surface area contributed by atoms with Gasteiger partial charge in [-0.3, -0.25) is 4.99 Å². The van der Waals surface area contributed by atoms with Gasteiger partial charge in [0.25, 0.3) is 0 Å². The van der Waals surface area contributed by atoms with Crippen LogP contribution in [0.15, 0.2) is 51.9 Å². The Bertz CT molecular complexity index is 903. The van der Waals surface area contributed by atoms with Crippen LogP contribution < -0.4 is 0 Å². The maximum Gasteiger partial charge on any atom is 0.124 e. The standard InChI is InChI=1S/C25H28BrNO/c1-17-2-4-21(5-3-17)25-12-18-8-19(13-25)11-24(10-18,15-25)16-27-14-20-9-22(26)6-7-23(20)28/h2-7,9,14,18-19,28H,8,10-13,15-16H2,1H3/t18-,19-,24?,25?/m0/s1. The second kappa shape index (κ2) is 6.73. The van der Waals surface area contributed by atoms with Crippen LogP contribution in [0.5, 0.6) is 5.75 Å². The van der Waals surface area contributed by atoms with Gasteiger partial charge in [-0.05, 0) is 91.9 Å². The van der Waals surface area contributed by atoms with E-state index in [4.69, 9.17) is 4.99 Å². The molecule has 2 nitrogen and oxygen atoms in total. The summed E-state index contributed by atoms with van der Waals surface area (Å²) in [5, 5.41) is 10.1. The summed E-state index contributed by atoms with van der Waals surface area (Å²) in [6.07, 6.45) is 9.97. The van der Waals surface area contributed by atoms with Crippen LogP contribution in [0.3, 0.4) is 0 Å². The zero-order valence-electron chi connectivity index (χ0n) is 16.5. The zero-order valence-corrected chi connectivity index (χ0v) is 18.1. The second-order valence-corrected chi connectivity index (χ2v) is 10.7. The Morgan fingerprint density at radius 2 is 1.79 bits per heavy atom. The quantitative estimate of drug-likeness (QED) is 0.549. The first-order valence-corrected chi connectivity index (χ1v) is 11.3. The lowest BCUT2D eigenvalue weighted by Crippen LogP contribution is -2.55. The van der Waals surface area contributed by atoms with Crippen LogP contribution in [0.1, 0.15) is 55.2 Å². The van der Waals surface area contributed by atoms with Crippen LogP contribution in [-0.4, -0.2) is 17.9 Å². The van der Waals surface area contributed by atoms with Crippen molar-refractivity contribution in [1.82, 2.24) is 0 Å². The fourth-order valence-corrected chi connectivity index (χ4v) is 7.23. The molecule has 2 aromatic carbocycles. The van der Waals surface area contributed by atoms with Crippen molar-refractivity contribution >= 4 is 22.1 Å². The number of hydrogen-bond acceptors (Lipinski definition) is 2. The molecule has 146 valence electrons. The Labute approximate surface area is 176 Å². The zero-order chi connectivity index (χ0) is 19.4. The van der Waals surface area contributed by atoms with Crippen LogP contribution in [0.25, 0.3) is 0 Å². The molecule has 2 atom stereocenters. The van der Waals surface area contributed by atoms with Crippen LogP contribution in [0.2, 0.25) is 0 Å². The van der Waals surface area contributed by atoms with E-state index >= 15 is 0 Å². The number of phenolic OH excluding ortho intramolecular Hbond substituents is 1. The van der Waals surface area contributed by atoms with Crippen molar-refractivity contribution in [3.8, 4) is 5.75 Å². The third-order valence-corrected chi connectivity index (χ3v) is 7.99. The average molecular weight is 438 g/mol. The van der Waals surface area contributed by atoms with Gasteiger partial charge in [0.2, 0.25) is 0 Å². The largest absolute Gasteiger partial charge is 0.507 e. The summed E-state index contributed by atoms with van der Waals surface area (Å²) in [7, 11) is 0. The molecule has 4 bridgehead atoms. The van der Waals surface area contributed by atoms with Gasteiger partial charge < -0.3 is 5.11 Å². The number of aliphatic imine (C=N–C) groups is 1. The van der Waals surface area contributed by atoms with E-state index in [1.165, 1.54) is 44.1 Å². The van der Waals surface area contributed by atoms with Gasteiger partial charge in [0.05, 0.1) is 0 Å². The molecule has 0 radical (unpaired) electrons. The molecule has 0 spiro atoms. The first kappa shape index (κ1) is 18.4. The van der Waals surface area contributed by atoms with Gasteiger partial charge in [-0.15, -0.1) is 0 Å². The Balaban J connectivity index is 1.41. The van der Waals surface area contributed by atoms with E-state index < -0.39 is 0 Å². The lowest BCUT2D eigenvalue weighted by molar-refractivity contribution is -0.0663. The molecule has 0 unspecified atom stereocenters. The molecule has 4 aliphatic rings. The third-order valence-electron chi connectivity index (χ3n) is 7.49. The maximum atomic E-state index is 10.1. The van der Waals surface area contributed by atoms with Crippen LogP contribution >= 0.6 is 15.9 Å². The van der Waals surface area contributed by atoms with Crippen molar-refractivity contribution in [1.29, 1.82) is 0 Å². The number of nitrogens with zero attached hydrogens (tertiary/aromatic N) is 1. The highest BCUT2D eigenvalue weighted by Crippen LogP contribution is 2.65. The highest BCUT2D eigenvalue weighted by Gasteiger charge is 2.57. The Hall–Kier alpha value is -1.61. The Morgan fingerprint density at radius 3 is 2.50 bits per heavy atom. The first-order chi connectivity index (χ1) is 13.5. The van der Waals surface area contributed by atoms with E-state index in [2.05, 4.69) is 47.1 Å². The molecule has 6 rings (SSSR count). The number of phenols is 1. The summed E-state index contributed by atoms with van der Waals surface area (Å²) < 4.78 is 0.972. The average Bonchev–Trinajstić information content (AvgIpc) is 2.64. The molecule has 28 heavy (non-hydrogen) atoms. The molecule has 1 N–H and O–H groups in total. The van der Waals surface area contributed by atoms with E-state index in [0.717, 1.165) is 28.4 Å². The molecule has 0 amide bonds. The van der Waals surface area contributed by atoms with Crippen molar-refractivity contribution in [2.45, 2.75) is 50.9 Å². The summed E-state index contributed by atoms with van der Waals surface area (Å²) in [5.74, 6) is 2.02. The minimum Gasteiger partial charge on any atom is -0.507 e. The Kier molecular flexibility index (Phi) is 4.42. The summed E-state index contributed by atoms with van der Waals surface area (Å²) in [6, 6.07) is 14.9. The molecule has 0 heterocycles. The molecular formula is C25H28BrNO. The van der Waals surface area contributed by atoms with Gasteiger partial charge in [-0.25, -0.2) is 0 Å². The number of rotatable bonds is 4. The summed E-state index contributed by atoms with van der Waals surface area (Å²) in [5.41, 5.74) is 4.41. The SMILES string of the molecule is Cc1ccc(C23C[C@H]4C[C@@H](CC(CN=Cc5cc(Br)ccc5O)(C4)C2)C3)cc1. The summed E-state index contributed by atoms with van der Waals surface area (Å²) >= 11 is 3.48. The van der Waals surface area contributed by atoms with Crippen LogP contribution in [-0.2, 0) is 5.41 Å². The van der Waals surface area contributed by atoms with Crippen LogP contribution in [0.4, 0.5) is 0 Å². The van der Waals surface area contributed by atoms with E-state index in [9.17, 15) is 5.11 Å². The smallest absolute Gasteiger partial charge is 0.124 e. The van der Waals surface area contributed by atoms with E-state index in [-0.39, 0.29) is 0 Å². The highest BCUT2D eigenvalue weighted by molar-refractivity contribution is 9.10. The van der Waals surface area contributed by atoms with Gasteiger partial charge in [0, 0.05) is 22.8 Å².